The van der Waals surface area contributed by atoms with E-state index < -0.39 is 0 Å². The predicted octanol–water partition coefficient (Wildman–Crippen LogP) is 2.39. The molecule has 0 fully saturated rings. The number of benzene rings is 2. The lowest BCUT2D eigenvalue weighted by atomic mass is 10.1. The van der Waals surface area contributed by atoms with E-state index >= 15 is 0 Å². The quantitative estimate of drug-likeness (QED) is 0.362. The Morgan fingerprint density at radius 3 is 2.04 bits per heavy atom. The number of fused-ring (bicyclic) bond motifs is 2. The molecule has 0 spiro atoms. The third-order valence-corrected chi connectivity index (χ3v) is 3.90. The van der Waals surface area contributed by atoms with Crippen LogP contribution in [0, 0.1) is 0 Å². The van der Waals surface area contributed by atoms with Gasteiger partial charge in [0, 0.05) is 17.3 Å². The van der Waals surface area contributed by atoms with Crippen LogP contribution >= 0.6 is 0 Å². The van der Waals surface area contributed by atoms with Crippen LogP contribution in [0.15, 0.2) is 53.3 Å². The Bertz CT molecular complexity index is 841. The van der Waals surface area contributed by atoms with Crippen LogP contribution in [0.5, 0.6) is 0 Å². The first-order chi connectivity index (χ1) is 11.8. The molecule has 0 saturated carbocycles. The highest BCUT2D eigenvalue weighted by Crippen LogP contribution is 2.18. The molecular formula is C19H19NO4. The van der Waals surface area contributed by atoms with Crippen LogP contribution in [0.3, 0.4) is 0 Å². The second kappa shape index (κ2) is 7.86. The summed E-state index contributed by atoms with van der Waals surface area (Å²) in [6.45, 7) is 2.06. The molecule has 1 aromatic heterocycles. The molecule has 0 aliphatic carbocycles. The second-order valence-corrected chi connectivity index (χ2v) is 5.37. The molecule has 5 nitrogen and oxygen atoms in total. The largest absolute Gasteiger partial charge is 0.377 e. The van der Waals surface area contributed by atoms with Gasteiger partial charge in [-0.2, -0.15) is 0 Å². The summed E-state index contributed by atoms with van der Waals surface area (Å²) in [6.07, 6.45) is 0.721. The molecule has 0 amide bonds. The van der Waals surface area contributed by atoms with Gasteiger partial charge in [-0.05, 0) is 24.3 Å². The van der Waals surface area contributed by atoms with Gasteiger partial charge in [0.2, 0.25) is 0 Å². The van der Waals surface area contributed by atoms with Crippen molar-refractivity contribution in [1.29, 1.82) is 0 Å². The Kier molecular flexibility index (Phi) is 5.36. The third kappa shape index (κ3) is 3.37. The molecule has 124 valence electrons. The fourth-order valence-electron chi connectivity index (χ4n) is 2.82. The highest BCUT2D eigenvalue weighted by atomic mass is 16.5. The highest BCUT2D eigenvalue weighted by molar-refractivity contribution is 5.93. The summed E-state index contributed by atoms with van der Waals surface area (Å²) in [7, 11) is 0. The van der Waals surface area contributed by atoms with Crippen molar-refractivity contribution in [1.82, 2.24) is 4.57 Å². The first-order valence-electron chi connectivity index (χ1n) is 7.92. The van der Waals surface area contributed by atoms with Crippen molar-refractivity contribution in [2.24, 2.45) is 0 Å². The molecule has 0 aliphatic heterocycles. The second-order valence-electron chi connectivity index (χ2n) is 5.37. The predicted molar refractivity (Wildman–Crippen MR) is 93.4 cm³/mol. The molecule has 0 N–H and O–H groups in total. The van der Waals surface area contributed by atoms with Gasteiger partial charge in [-0.1, -0.05) is 24.3 Å². The van der Waals surface area contributed by atoms with Crippen molar-refractivity contribution in [3.63, 3.8) is 0 Å². The monoisotopic (exact) mass is 325 g/mol. The average Bonchev–Trinajstić information content (AvgIpc) is 2.63. The van der Waals surface area contributed by atoms with Crippen molar-refractivity contribution in [3.05, 3.63) is 58.8 Å². The summed E-state index contributed by atoms with van der Waals surface area (Å²) in [6, 6.07) is 15.2. The van der Waals surface area contributed by atoms with Gasteiger partial charge in [-0.3, -0.25) is 4.79 Å². The summed E-state index contributed by atoms with van der Waals surface area (Å²) in [5.74, 6) is 0. The lowest BCUT2D eigenvalue weighted by Gasteiger charge is -2.15. The minimum absolute atomic E-state index is 0.0561. The van der Waals surface area contributed by atoms with Crippen molar-refractivity contribution < 1.29 is 14.3 Å². The van der Waals surface area contributed by atoms with Crippen LogP contribution in [0.4, 0.5) is 0 Å². The lowest BCUT2D eigenvalue weighted by Crippen LogP contribution is -2.15. The molecule has 3 aromatic rings. The number of para-hydroxylation sites is 2. The third-order valence-electron chi connectivity index (χ3n) is 3.90. The number of carbonyl (C=O) groups excluding carboxylic acids is 1. The zero-order valence-electron chi connectivity index (χ0n) is 13.3. The van der Waals surface area contributed by atoms with E-state index in [-0.39, 0.29) is 12.0 Å². The van der Waals surface area contributed by atoms with Crippen molar-refractivity contribution in [3.8, 4) is 0 Å². The normalized spacial score (nSPS) is 11.2. The SMILES string of the molecule is O=CCOCCOCCn1c2ccccc2c(=O)c2ccccc21. The van der Waals surface area contributed by atoms with E-state index in [2.05, 4.69) is 4.57 Å². The molecular weight excluding hydrogens is 306 g/mol. The number of ether oxygens (including phenoxy) is 2. The number of hydrogen-bond acceptors (Lipinski definition) is 4. The minimum atomic E-state index is 0.0561. The van der Waals surface area contributed by atoms with Crippen molar-refractivity contribution in [2.45, 2.75) is 6.54 Å². The Labute approximate surface area is 139 Å². The summed E-state index contributed by atoms with van der Waals surface area (Å²) in [5.41, 5.74) is 1.87. The van der Waals surface area contributed by atoms with Gasteiger partial charge in [-0.25, -0.2) is 0 Å². The molecule has 2 aromatic carbocycles. The number of pyridine rings is 1. The summed E-state index contributed by atoms with van der Waals surface area (Å²) < 4.78 is 12.7. The number of nitrogens with zero attached hydrogens (tertiary/aromatic N) is 1. The summed E-state index contributed by atoms with van der Waals surface area (Å²) in [4.78, 5) is 22.8. The maximum absolute atomic E-state index is 12.6. The fourth-order valence-corrected chi connectivity index (χ4v) is 2.82. The Morgan fingerprint density at radius 2 is 1.42 bits per heavy atom. The van der Waals surface area contributed by atoms with E-state index in [1.807, 2.05) is 48.5 Å². The zero-order valence-corrected chi connectivity index (χ0v) is 13.3. The number of carbonyl (C=O) groups is 1. The van der Waals surface area contributed by atoms with E-state index in [4.69, 9.17) is 9.47 Å². The van der Waals surface area contributed by atoms with E-state index in [0.717, 1.165) is 17.3 Å². The molecule has 5 heteroatoms. The molecule has 0 saturated heterocycles. The molecule has 0 atom stereocenters. The Balaban J connectivity index is 1.84. The maximum Gasteiger partial charge on any atom is 0.197 e. The number of rotatable bonds is 8. The van der Waals surface area contributed by atoms with Crippen molar-refractivity contribution >= 4 is 28.1 Å². The first-order valence-corrected chi connectivity index (χ1v) is 7.92. The van der Waals surface area contributed by atoms with Gasteiger partial charge >= 0.3 is 0 Å². The molecule has 1 heterocycles. The standard InChI is InChI=1S/C19H19NO4/c21-10-12-24-14-13-23-11-9-20-17-7-3-1-5-15(17)19(22)16-6-2-4-8-18(16)20/h1-8,10H,9,11-14H2. The van der Waals surface area contributed by atoms with Crippen LogP contribution < -0.4 is 5.43 Å². The molecule has 0 radical (unpaired) electrons. The van der Waals surface area contributed by atoms with E-state index in [0.29, 0.717) is 37.1 Å². The van der Waals surface area contributed by atoms with E-state index in [9.17, 15) is 9.59 Å². The van der Waals surface area contributed by atoms with E-state index in [1.165, 1.54) is 0 Å². The Hall–Kier alpha value is -2.50. The molecule has 0 unspecified atom stereocenters. The molecule has 24 heavy (non-hydrogen) atoms. The fraction of sp³-hybridized carbons (Fsp3) is 0.263. The maximum atomic E-state index is 12.6. The molecule has 0 bridgehead atoms. The van der Waals surface area contributed by atoms with Gasteiger partial charge in [0.1, 0.15) is 12.9 Å². The summed E-state index contributed by atoms with van der Waals surface area (Å²) in [5, 5.41) is 1.43. The van der Waals surface area contributed by atoms with Crippen molar-refractivity contribution in [2.75, 3.05) is 26.4 Å². The first kappa shape index (κ1) is 16.4. The summed E-state index contributed by atoms with van der Waals surface area (Å²) >= 11 is 0. The highest BCUT2D eigenvalue weighted by Gasteiger charge is 2.09. The van der Waals surface area contributed by atoms with Crippen LogP contribution in [0.2, 0.25) is 0 Å². The number of aromatic nitrogens is 1. The molecule has 3 rings (SSSR count). The van der Waals surface area contributed by atoms with Crippen LogP contribution in [-0.4, -0.2) is 37.3 Å². The van der Waals surface area contributed by atoms with Crippen LogP contribution in [0.25, 0.3) is 21.8 Å². The van der Waals surface area contributed by atoms with Gasteiger partial charge in [0.05, 0.1) is 30.9 Å². The van der Waals surface area contributed by atoms with Gasteiger partial charge in [-0.15, -0.1) is 0 Å². The van der Waals surface area contributed by atoms with E-state index in [1.54, 1.807) is 0 Å². The molecule has 0 aliphatic rings. The Morgan fingerprint density at radius 1 is 0.833 bits per heavy atom. The van der Waals surface area contributed by atoms with Gasteiger partial charge in [0.15, 0.2) is 5.43 Å². The average molecular weight is 325 g/mol. The van der Waals surface area contributed by atoms with Gasteiger partial charge in [0.25, 0.3) is 0 Å². The van der Waals surface area contributed by atoms with Gasteiger partial charge < -0.3 is 18.8 Å². The van der Waals surface area contributed by atoms with Crippen LogP contribution in [-0.2, 0) is 20.8 Å². The number of aldehydes is 1. The topological polar surface area (TPSA) is 57.5 Å². The smallest absolute Gasteiger partial charge is 0.197 e. The minimum Gasteiger partial charge on any atom is -0.377 e. The van der Waals surface area contributed by atoms with Crippen LogP contribution in [0.1, 0.15) is 0 Å². The lowest BCUT2D eigenvalue weighted by molar-refractivity contribution is -0.112. The zero-order chi connectivity index (χ0) is 16.8. The number of hydrogen-bond donors (Lipinski definition) is 0.